The summed E-state index contributed by atoms with van der Waals surface area (Å²) in [6, 6.07) is 5.23. The molecule has 2 heterocycles. The molecule has 6 nitrogen and oxygen atoms in total. The molecule has 0 saturated carbocycles. The van der Waals surface area contributed by atoms with E-state index in [9.17, 15) is 4.79 Å². The van der Waals surface area contributed by atoms with Gasteiger partial charge in [-0.05, 0) is 18.2 Å². The minimum atomic E-state index is 0.0672. The van der Waals surface area contributed by atoms with Crippen LogP contribution in [0.2, 0.25) is 10.0 Å². The number of halogens is 2. The van der Waals surface area contributed by atoms with Crippen molar-refractivity contribution in [2.75, 3.05) is 32.1 Å². The van der Waals surface area contributed by atoms with Crippen LogP contribution < -0.4 is 0 Å². The first-order chi connectivity index (χ1) is 12.6. The van der Waals surface area contributed by atoms with Crippen molar-refractivity contribution < 1.29 is 9.53 Å². The van der Waals surface area contributed by atoms with Gasteiger partial charge in [0.15, 0.2) is 11.0 Å². The lowest BCUT2D eigenvalue weighted by Crippen LogP contribution is -2.41. The lowest BCUT2D eigenvalue weighted by Gasteiger charge is -2.26. The van der Waals surface area contributed by atoms with Gasteiger partial charge in [0.1, 0.15) is 0 Å². The Kier molecular flexibility index (Phi) is 6.58. The standard InChI is InChI=1S/C17H18Cl2N4O2S/c1-2-5-23-16(13-4-3-12(18)10-14(13)19)20-21-17(23)26-11-15(24)22-6-8-25-9-7-22/h2-4,10H,1,5-9,11H2. The fourth-order valence-corrected chi connectivity index (χ4v) is 3.93. The van der Waals surface area contributed by atoms with E-state index in [1.54, 1.807) is 18.2 Å². The Morgan fingerprint density at radius 2 is 2.08 bits per heavy atom. The summed E-state index contributed by atoms with van der Waals surface area (Å²) < 4.78 is 7.16. The third-order valence-corrected chi connectivity index (χ3v) is 5.39. The van der Waals surface area contributed by atoms with Crippen molar-refractivity contribution in [1.82, 2.24) is 19.7 Å². The molecule has 1 fully saturated rings. The molecule has 0 aliphatic carbocycles. The topological polar surface area (TPSA) is 60.2 Å². The zero-order chi connectivity index (χ0) is 18.5. The van der Waals surface area contributed by atoms with E-state index in [0.29, 0.717) is 59.6 Å². The van der Waals surface area contributed by atoms with Gasteiger partial charge in [0.25, 0.3) is 0 Å². The van der Waals surface area contributed by atoms with E-state index in [0.717, 1.165) is 5.56 Å². The first kappa shape index (κ1) is 19.2. The lowest BCUT2D eigenvalue weighted by molar-refractivity contribution is -0.132. The number of carbonyl (C=O) groups excluding carboxylic acids is 1. The average Bonchev–Trinajstić information content (AvgIpc) is 3.03. The van der Waals surface area contributed by atoms with E-state index in [2.05, 4.69) is 16.8 Å². The number of hydrogen-bond acceptors (Lipinski definition) is 5. The van der Waals surface area contributed by atoms with E-state index in [1.807, 2.05) is 15.5 Å². The average molecular weight is 413 g/mol. The molecule has 1 saturated heterocycles. The van der Waals surface area contributed by atoms with E-state index in [1.165, 1.54) is 11.8 Å². The molecule has 1 aromatic carbocycles. The normalized spacial score (nSPS) is 14.5. The number of benzene rings is 1. The van der Waals surface area contributed by atoms with Crippen LogP contribution in [0.25, 0.3) is 11.4 Å². The number of nitrogens with zero attached hydrogens (tertiary/aromatic N) is 4. The van der Waals surface area contributed by atoms with Gasteiger partial charge in [-0.1, -0.05) is 41.0 Å². The summed E-state index contributed by atoms with van der Waals surface area (Å²) in [7, 11) is 0. The van der Waals surface area contributed by atoms with E-state index < -0.39 is 0 Å². The fourth-order valence-electron chi connectivity index (χ4n) is 2.59. The molecule has 2 aromatic rings. The van der Waals surface area contributed by atoms with Gasteiger partial charge in [0.05, 0.1) is 24.0 Å². The monoisotopic (exact) mass is 412 g/mol. The van der Waals surface area contributed by atoms with Crippen LogP contribution in [0.5, 0.6) is 0 Å². The molecule has 3 rings (SSSR count). The molecule has 1 amide bonds. The van der Waals surface area contributed by atoms with Gasteiger partial charge in [-0.2, -0.15) is 0 Å². The first-order valence-corrected chi connectivity index (χ1v) is 9.82. The minimum Gasteiger partial charge on any atom is -0.378 e. The maximum atomic E-state index is 12.3. The molecule has 1 aliphatic heterocycles. The second-order valence-electron chi connectivity index (χ2n) is 5.61. The highest BCUT2D eigenvalue weighted by atomic mass is 35.5. The van der Waals surface area contributed by atoms with Crippen molar-refractivity contribution in [3.63, 3.8) is 0 Å². The van der Waals surface area contributed by atoms with Crippen LogP contribution in [-0.4, -0.2) is 57.6 Å². The molecule has 0 bridgehead atoms. The Hall–Kier alpha value is -1.54. The number of rotatable bonds is 6. The van der Waals surface area contributed by atoms with Crippen molar-refractivity contribution in [3.05, 3.63) is 40.9 Å². The number of aromatic nitrogens is 3. The molecule has 1 aromatic heterocycles. The van der Waals surface area contributed by atoms with E-state index >= 15 is 0 Å². The highest BCUT2D eigenvalue weighted by Crippen LogP contribution is 2.31. The predicted octanol–water partition coefficient (Wildman–Crippen LogP) is 3.39. The summed E-state index contributed by atoms with van der Waals surface area (Å²) in [5.74, 6) is 0.981. The maximum Gasteiger partial charge on any atom is 0.233 e. The summed E-state index contributed by atoms with van der Waals surface area (Å²) in [5, 5.41) is 10.2. The maximum absolute atomic E-state index is 12.3. The largest absolute Gasteiger partial charge is 0.378 e. The number of carbonyl (C=O) groups is 1. The summed E-state index contributed by atoms with van der Waals surface area (Å²) in [6.45, 7) is 6.73. The highest BCUT2D eigenvalue weighted by Gasteiger charge is 2.20. The zero-order valence-electron chi connectivity index (χ0n) is 14.0. The molecule has 138 valence electrons. The molecule has 0 spiro atoms. The van der Waals surface area contributed by atoms with Crippen molar-refractivity contribution >= 4 is 40.9 Å². The van der Waals surface area contributed by atoms with Gasteiger partial charge in [-0.3, -0.25) is 9.36 Å². The number of ether oxygens (including phenoxy) is 1. The second kappa shape index (κ2) is 8.90. The second-order valence-corrected chi connectivity index (χ2v) is 7.40. The Morgan fingerprint density at radius 3 is 2.77 bits per heavy atom. The van der Waals surface area contributed by atoms with Gasteiger partial charge in [0.2, 0.25) is 5.91 Å². The van der Waals surface area contributed by atoms with Gasteiger partial charge < -0.3 is 9.64 Å². The van der Waals surface area contributed by atoms with Crippen LogP contribution in [0.3, 0.4) is 0 Å². The number of thioether (sulfide) groups is 1. The van der Waals surface area contributed by atoms with Crippen molar-refractivity contribution in [2.24, 2.45) is 0 Å². The Morgan fingerprint density at radius 1 is 1.31 bits per heavy atom. The summed E-state index contributed by atoms with van der Waals surface area (Å²) in [6.07, 6.45) is 1.75. The molecule has 0 radical (unpaired) electrons. The number of allylic oxidation sites excluding steroid dienone is 1. The van der Waals surface area contributed by atoms with Crippen LogP contribution >= 0.6 is 35.0 Å². The SMILES string of the molecule is C=CCn1c(SCC(=O)N2CCOCC2)nnc1-c1ccc(Cl)cc1Cl. The zero-order valence-corrected chi connectivity index (χ0v) is 16.4. The molecule has 26 heavy (non-hydrogen) atoms. The minimum absolute atomic E-state index is 0.0672. The number of hydrogen-bond donors (Lipinski definition) is 0. The van der Waals surface area contributed by atoms with Crippen LogP contribution in [0, 0.1) is 0 Å². The molecule has 0 unspecified atom stereocenters. The fraction of sp³-hybridized carbons (Fsp3) is 0.353. The van der Waals surface area contributed by atoms with Crippen molar-refractivity contribution in [2.45, 2.75) is 11.7 Å². The van der Waals surface area contributed by atoms with Crippen LogP contribution in [-0.2, 0) is 16.1 Å². The van der Waals surface area contributed by atoms with Gasteiger partial charge in [-0.15, -0.1) is 16.8 Å². The highest BCUT2D eigenvalue weighted by molar-refractivity contribution is 7.99. The predicted molar refractivity (Wildman–Crippen MR) is 104 cm³/mol. The Labute approximate surface area is 166 Å². The smallest absolute Gasteiger partial charge is 0.233 e. The molecule has 0 atom stereocenters. The van der Waals surface area contributed by atoms with Crippen LogP contribution in [0.4, 0.5) is 0 Å². The van der Waals surface area contributed by atoms with Crippen LogP contribution in [0.15, 0.2) is 36.0 Å². The number of morpholine rings is 1. The number of amides is 1. The van der Waals surface area contributed by atoms with Gasteiger partial charge in [-0.25, -0.2) is 0 Å². The molecule has 1 aliphatic rings. The van der Waals surface area contributed by atoms with Gasteiger partial charge >= 0.3 is 0 Å². The molecule has 0 N–H and O–H groups in total. The van der Waals surface area contributed by atoms with Gasteiger partial charge in [0, 0.05) is 30.2 Å². The summed E-state index contributed by atoms with van der Waals surface area (Å²) in [4.78, 5) is 14.2. The summed E-state index contributed by atoms with van der Waals surface area (Å²) >= 11 is 13.6. The molecular weight excluding hydrogens is 395 g/mol. The van der Waals surface area contributed by atoms with Crippen molar-refractivity contribution in [3.8, 4) is 11.4 Å². The first-order valence-electron chi connectivity index (χ1n) is 8.08. The lowest BCUT2D eigenvalue weighted by atomic mass is 10.2. The Bertz CT molecular complexity index is 806. The van der Waals surface area contributed by atoms with E-state index in [4.69, 9.17) is 27.9 Å². The molecular formula is C17H18Cl2N4O2S. The third-order valence-electron chi connectivity index (χ3n) is 3.89. The Balaban J connectivity index is 1.78. The summed E-state index contributed by atoms with van der Waals surface area (Å²) in [5.41, 5.74) is 0.733. The molecule has 9 heteroatoms. The van der Waals surface area contributed by atoms with Crippen molar-refractivity contribution in [1.29, 1.82) is 0 Å². The third kappa shape index (κ3) is 4.40. The van der Waals surface area contributed by atoms with E-state index in [-0.39, 0.29) is 5.91 Å². The quantitative estimate of drug-likeness (QED) is 0.537. The van der Waals surface area contributed by atoms with Crippen LogP contribution in [0.1, 0.15) is 0 Å².